The zero-order chi connectivity index (χ0) is 24.5. The van der Waals surface area contributed by atoms with E-state index in [1.54, 1.807) is 5.06 Å². The lowest BCUT2D eigenvalue weighted by Crippen LogP contribution is -2.66. The number of aliphatic hydroxyl groups excluding tert-OH is 1. The maximum atomic E-state index is 12.4. The van der Waals surface area contributed by atoms with Crippen LogP contribution in [0.15, 0.2) is 0 Å². The van der Waals surface area contributed by atoms with Crippen molar-refractivity contribution in [3.8, 4) is 0 Å². The second-order valence-electron chi connectivity index (χ2n) is 10.7. The molecule has 0 bridgehead atoms. The van der Waals surface area contributed by atoms with Crippen LogP contribution in [0.5, 0.6) is 0 Å². The highest BCUT2D eigenvalue weighted by Gasteiger charge is 2.56. The van der Waals surface area contributed by atoms with Crippen molar-refractivity contribution in [1.82, 2.24) is 5.06 Å². The van der Waals surface area contributed by atoms with Crippen molar-refractivity contribution in [2.45, 2.75) is 101 Å². The standard InChI is InChI=1S/C22H43NO8P2/c1-17(2)18-14-21(10-6-19(7-11-21)30-32(5,26)28-3)23(25)22(15-18)12-8-20(9-13-22)31-33(27,16-24)29-4/h17-20,24-25H,6-16H2,1-5H3. The highest BCUT2D eigenvalue weighted by molar-refractivity contribution is 7.53. The molecule has 2 N–H and O–H groups in total. The summed E-state index contributed by atoms with van der Waals surface area (Å²) in [5.74, 6) is 0.991. The van der Waals surface area contributed by atoms with Gasteiger partial charge in [0.2, 0.25) is 0 Å². The molecule has 2 aliphatic carbocycles. The minimum Gasteiger partial charge on any atom is -0.384 e. The third-order valence-corrected chi connectivity index (χ3v) is 11.2. The lowest BCUT2D eigenvalue weighted by molar-refractivity contribution is -0.293. The van der Waals surface area contributed by atoms with Gasteiger partial charge >= 0.3 is 15.2 Å². The topological polar surface area (TPSA) is 115 Å². The number of piperidine rings is 1. The van der Waals surface area contributed by atoms with Crippen molar-refractivity contribution in [2.24, 2.45) is 11.8 Å². The molecule has 194 valence electrons. The number of rotatable bonds is 8. The Labute approximate surface area is 198 Å². The van der Waals surface area contributed by atoms with E-state index in [2.05, 4.69) is 13.8 Å². The van der Waals surface area contributed by atoms with E-state index in [0.717, 1.165) is 51.4 Å². The smallest absolute Gasteiger partial charge is 0.355 e. The number of hydrogen-bond acceptors (Lipinski definition) is 9. The first-order valence-corrected chi connectivity index (χ1v) is 15.9. The van der Waals surface area contributed by atoms with Gasteiger partial charge in [0, 0.05) is 32.0 Å². The van der Waals surface area contributed by atoms with Gasteiger partial charge in [-0.25, -0.2) is 0 Å². The lowest BCUT2D eigenvalue weighted by Gasteiger charge is -2.61. The van der Waals surface area contributed by atoms with E-state index in [4.69, 9.17) is 18.1 Å². The Morgan fingerprint density at radius 1 is 0.909 bits per heavy atom. The van der Waals surface area contributed by atoms with Gasteiger partial charge in [-0.2, -0.15) is 5.06 Å². The van der Waals surface area contributed by atoms with Gasteiger partial charge < -0.3 is 28.4 Å². The fourth-order valence-electron chi connectivity index (χ4n) is 6.17. The molecule has 2 saturated carbocycles. The van der Waals surface area contributed by atoms with Crippen molar-refractivity contribution in [3.63, 3.8) is 0 Å². The Hall–Kier alpha value is 0.180. The number of nitrogens with zero attached hydrogens (tertiary/aromatic N) is 1. The van der Waals surface area contributed by atoms with E-state index in [9.17, 15) is 19.4 Å². The molecule has 1 aliphatic heterocycles. The van der Waals surface area contributed by atoms with Crippen LogP contribution < -0.4 is 0 Å². The van der Waals surface area contributed by atoms with Crippen molar-refractivity contribution >= 4 is 15.2 Å². The highest BCUT2D eigenvalue weighted by atomic mass is 31.2. The van der Waals surface area contributed by atoms with Crippen LogP contribution in [0, 0.1) is 11.8 Å². The molecule has 1 heterocycles. The average Bonchev–Trinajstić information content (AvgIpc) is 2.80. The van der Waals surface area contributed by atoms with Crippen molar-refractivity contribution in [2.75, 3.05) is 27.2 Å². The van der Waals surface area contributed by atoms with Crippen LogP contribution in [0.4, 0.5) is 0 Å². The maximum Gasteiger partial charge on any atom is 0.355 e. The quantitative estimate of drug-likeness (QED) is 0.414. The van der Waals surface area contributed by atoms with E-state index in [1.807, 2.05) is 0 Å². The SMILES string of the molecule is COP(C)(=O)OC1CCC2(CC1)CC(C(C)C)CC1(CCC(OP(=O)(CO)OC)CC1)N2O. The van der Waals surface area contributed by atoms with E-state index < -0.39 is 21.5 Å². The molecular weight excluding hydrogens is 468 g/mol. The van der Waals surface area contributed by atoms with Gasteiger partial charge in [0.15, 0.2) is 0 Å². The maximum absolute atomic E-state index is 12.4. The Kier molecular flexibility index (Phi) is 8.97. The van der Waals surface area contributed by atoms with Gasteiger partial charge in [0.05, 0.1) is 12.2 Å². The van der Waals surface area contributed by atoms with Crippen LogP contribution in [-0.4, -0.2) is 65.9 Å². The van der Waals surface area contributed by atoms with E-state index in [1.165, 1.54) is 20.9 Å². The van der Waals surface area contributed by atoms with Crippen molar-refractivity contribution in [3.05, 3.63) is 0 Å². The minimum atomic E-state index is -3.47. The summed E-state index contributed by atoms with van der Waals surface area (Å²) in [6.45, 7) is 6.01. The summed E-state index contributed by atoms with van der Waals surface area (Å²) >= 11 is 0. The van der Waals surface area contributed by atoms with Gasteiger partial charge in [-0.1, -0.05) is 13.8 Å². The monoisotopic (exact) mass is 511 g/mol. The average molecular weight is 512 g/mol. The largest absolute Gasteiger partial charge is 0.384 e. The summed E-state index contributed by atoms with van der Waals surface area (Å²) in [5.41, 5.74) is -0.665. The van der Waals surface area contributed by atoms with Crippen LogP contribution in [0.2, 0.25) is 0 Å². The summed E-state index contributed by atoms with van der Waals surface area (Å²) in [5, 5.41) is 22.7. The fraction of sp³-hybridized carbons (Fsp3) is 1.00. The van der Waals surface area contributed by atoms with E-state index in [0.29, 0.717) is 24.7 Å². The predicted molar refractivity (Wildman–Crippen MR) is 126 cm³/mol. The second-order valence-corrected chi connectivity index (χ2v) is 14.9. The lowest BCUT2D eigenvalue weighted by atomic mass is 9.61. The summed E-state index contributed by atoms with van der Waals surface area (Å²) in [6.07, 6.45) is 6.67. The summed E-state index contributed by atoms with van der Waals surface area (Å²) in [7, 11) is -3.81. The molecule has 3 atom stereocenters. The molecule has 0 amide bonds. The number of hydroxylamine groups is 2. The van der Waals surface area contributed by atoms with Crippen LogP contribution in [0.3, 0.4) is 0 Å². The van der Waals surface area contributed by atoms with Crippen molar-refractivity contribution in [1.29, 1.82) is 0 Å². The molecule has 3 aliphatic rings. The molecule has 11 heteroatoms. The third-order valence-electron chi connectivity index (χ3n) is 8.29. The first-order valence-electron chi connectivity index (χ1n) is 12.2. The molecule has 0 aromatic rings. The molecule has 9 nitrogen and oxygen atoms in total. The predicted octanol–water partition coefficient (Wildman–Crippen LogP) is 5.40. The number of aliphatic hydroxyl groups is 1. The van der Waals surface area contributed by atoms with E-state index >= 15 is 0 Å². The zero-order valence-electron chi connectivity index (χ0n) is 20.8. The van der Waals surface area contributed by atoms with E-state index in [-0.39, 0.29) is 23.3 Å². The Morgan fingerprint density at radius 3 is 1.73 bits per heavy atom. The molecule has 0 aromatic heterocycles. The minimum absolute atomic E-state index is 0.124. The molecule has 2 spiro atoms. The molecule has 0 radical (unpaired) electrons. The Balaban J connectivity index is 1.72. The van der Waals surface area contributed by atoms with Crippen molar-refractivity contribution < 1.29 is 37.5 Å². The molecule has 0 aromatic carbocycles. The van der Waals surface area contributed by atoms with Gasteiger partial charge in [0.25, 0.3) is 0 Å². The van der Waals surface area contributed by atoms with Crippen LogP contribution in [0.1, 0.15) is 78.1 Å². The summed E-state index contributed by atoms with van der Waals surface area (Å²) in [6, 6.07) is 0. The zero-order valence-corrected chi connectivity index (χ0v) is 22.6. The summed E-state index contributed by atoms with van der Waals surface area (Å²) in [4.78, 5) is 0. The molecule has 3 fully saturated rings. The highest BCUT2D eigenvalue weighted by Crippen LogP contribution is 2.57. The first kappa shape index (κ1) is 27.8. The van der Waals surface area contributed by atoms with Crippen LogP contribution in [0.25, 0.3) is 0 Å². The van der Waals surface area contributed by atoms with Gasteiger partial charge in [-0.15, -0.1) is 0 Å². The summed E-state index contributed by atoms with van der Waals surface area (Å²) < 4.78 is 46.0. The van der Waals surface area contributed by atoms with Crippen LogP contribution >= 0.6 is 15.2 Å². The van der Waals surface area contributed by atoms with Gasteiger partial charge in [0.1, 0.15) is 6.35 Å². The molecule has 1 saturated heterocycles. The first-order chi connectivity index (χ1) is 15.4. The second kappa shape index (κ2) is 10.7. The fourth-order valence-corrected chi connectivity index (χ4v) is 7.94. The molecule has 3 unspecified atom stereocenters. The normalized spacial score (nSPS) is 39.6. The Bertz CT molecular complexity index is 739. The third kappa shape index (κ3) is 6.12. The van der Waals surface area contributed by atoms with Gasteiger partial charge in [-0.05, 0) is 76.0 Å². The van der Waals surface area contributed by atoms with Crippen LogP contribution in [-0.2, 0) is 27.2 Å². The molecule has 3 rings (SSSR count). The molecular formula is C22H43NO8P2. The molecule has 33 heavy (non-hydrogen) atoms. The Morgan fingerprint density at radius 2 is 1.36 bits per heavy atom. The van der Waals surface area contributed by atoms with Gasteiger partial charge in [-0.3, -0.25) is 9.13 Å². The number of hydrogen-bond donors (Lipinski definition) is 2.